The maximum absolute atomic E-state index is 12.7. The summed E-state index contributed by atoms with van der Waals surface area (Å²) in [6, 6.07) is 3.58. The molecule has 0 spiro atoms. The molecule has 6 nitrogen and oxygen atoms in total. The summed E-state index contributed by atoms with van der Waals surface area (Å²) in [6.45, 7) is 3.84. The first kappa shape index (κ1) is 17.2. The number of hydrogen-bond acceptors (Lipinski definition) is 5. The Morgan fingerprint density at radius 1 is 1.00 bits per heavy atom. The monoisotopic (exact) mass is 365 g/mol. The maximum atomic E-state index is 12.7. The Balaban J connectivity index is 1.46. The van der Waals surface area contributed by atoms with Gasteiger partial charge in [-0.25, -0.2) is 13.4 Å². The summed E-state index contributed by atoms with van der Waals surface area (Å²) in [7, 11) is -3.46. The minimum Gasteiger partial charge on any atom is -0.379 e. The second-order valence-corrected chi connectivity index (χ2v) is 9.35. The highest BCUT2D eigenvalue weighted by molar-refractivity contribution is 7.89. The van der Waals surface area contributed by atoms with Crippen LogP contribution in [0.5, 0.6) is 0 Å². The molecule has 7 heteroatoms. The number of aromatic nitrogens is 1. The van der Waals surface area contributed by atoms with E-state index in [4.69, 9.17) is 4.74 Å². The lowest BCUT2D eigenvalue weighted by Gasteiger charge is -2.41. The van der Waals surface area contributed by atoms with Crippen molar-refractivity contribution in [2.75, 3.05) is 44.3 Å². The zero-order valence-electron chi connectivity index (χ0n) is 14.6. The second kappa shape index (κ2) is 7.21. The molecule has 1 saturated carbocycles. The van der Waals surface area contributed by atoms with Gasteiger partial charge in [-0.15, -0.1) is 0 Å². The molecule has 3 aliphatic rings. The topological polar surface area (TPSA) is 62.7 Å². The number of rotatable bonds is 3. The van der Waals surface area contributed by atoms with Crippen LogP contribution >= 0.6 is 0 Å². The van der Waals surface area contributed by atoms with E-state index < -0.39 is 10.0 Å². The number of pyridine rings is 1. The summed E-state index contributed by atoms with van der Waals surface area (Å²) < 4.78 is 32.1. The number of fused-ring (bicyclic) bond motifs is 1. The molecule has 1 aromatic rings. The lowest BCUT2D eigenvalue weighted by atomic mass is 9.75. The quantitative estimate of drug-likeness (QED) is 0.821. The van der Waals surface area contributed by atoms with Crippen LogP contribution in [0.4, 0.5) is 5.82 Å². The van der Waals surface area contributed by atoms with E-state index in [1.54, 1.807) is 6.07 Å². The van der Waals surface area contributed by atoms with Crippen LogP contribution in [-0.2, 0) is 14.8 Å². The summed E-state index contributed by atoms with van der Waals surface area (Å²) in [5.41, 5.74) is 0. The molecule has 0 aromatic carbocycles. The highest BCUT2D eigenvalue weighted by Gasteiger charge is 2.32. The number of sulfonamides is 1. The maximum Gasteiger partial charge on any atom is 0.244 e. The Labute approximate surface area is 150 Å². The van der Waals surface area contributed by atoms with Gasteiger partial charge >= 0.3 is 0 Å². The smallest absolute Gasteiger partial charge is 0.244 e. The number of morpholine rings is 1. The van der Waals surface area contributed by atoms with Gasteiger partial charge in [-0.3, -0.25) is 0 Å². The molecule has 2 atom stereocenters. The van der Waals surface area contributed by atoms with Gasteiger partial charge in [-0.2, -0.15) is 4.31 Å². The predicted octanol–water partition coefficient (Wildman–Crippen LogP) is 2.12. The molecular formula is C18H27N3O3S. The van der Waals surface area contributed by atoms with Gasteiger partial charge in [-0.1, -0.05) is 19.3 Å². The van der Waals surface area contributed by atoms with Crippen LogP contribution < -0.4 is 4.90 Å². The Bertz CT molecular complexity index is 686. The van der Waals surface area contributed by atoms with Crippen LogP contribution in [0, 0.1) is 11.8 Å². The summed E-state index contributed by atoms with van der Waals surface area (Å²) in [6.07, 6.45) is 8.19. The number of piperidine rings is 1. The molecule has 138 valence electrons. The van der Waals surface area contributed by atoms with Crippen molar-refractivity contribution >= 4 is 15.8 Å². The van der Waals surface area contributed by atoms with Crippen LogP contribution in [0.2, 0.25) is 0 Å². The van der Waals surface area contributed by atoms with Crippen LogP contribution in [0.25, 0.3) is 0 Å². The highest BCUT2D eigenvalue weighted by atomic mass is 32.2. The number of ether oxygens (including phenoxy) is 1. The lowest BCUT2D eigenvalue weighted by molar-refractivity contribution is 0.0730. The number of nitrogens with zero attached hydrogens (tertiary/aromatic N) is 3. The summed E-state index contributed by atoms with van der Waals surface area (Å²) in [5.74, 6) is 2.57. The van der Waals surface area contributed by atoms with Gasteiger partial charge in [-0.05, 0) is 36.8 Å². The van der Waals surface area contributed by atoms with Crippen molar-refractivity contribution in [3.05, 3.63) is 18.3 Å². The first-order valence-electron chi connectivity index (χ1n) is 9.43. The van der Waals surface area contributed by atoms with Crippen molar-refractivity contribution in [1.82, 2.24) is 9.29 Å². The van der Waals surface area contributed by atoms with Gasteiger partial charge in [0, 0.05) is 32.4 Å². The van der Waals surface area contributed by atoms with E-state index in [2.05, 4.69) is 9.88 Å². The van der Waals surface area contributed by atoms with Gasteiger partial charge < -0.3 is 9.64 Å². The van der Waals surface area contributed by atoms with Gasteiger partial charge in [0.05, 0.1) is 13.2 Å². The van der Waals surface area contributed by atoms with E-state index in [0.29, 0.717) is 26.3 Å². The van der Waals surface area contributed by atoms with E-state index in [9.17, 15) is 8.42 Å². The average Bonchev–Trinajstić information content (AvgIpc) is 2.68. The standard InChI is InChI=1S/C18H27N3O3S/c22-25(23,21-9-11-24-12-10-21)17-5-6-18(19-13-17)20-8-7-15-3-1-2-4-16(15)14-20/h5-6,13,15-16H,1-4,7-12,14H2/t15-,16+/m1/s1. The number of anilines is 1. The van der Waals surface area contributed by atoms with Gasteiger partial charge in [0.25, 0.3) is 0 Å². The van der Waals surface area contributed by atoms with Crippen LogP contribution in [0.1, 0.15) is 32.1 Å². The van der Waals surface area contributed by atoms with Crippen molar-refractivity contribution < 1.29 is 13.2 Å². The lowest BCUT2D eigenvalue weighted by Crippen LogP contribution is -2.42. The van der Waals surface area contributed by atoms with Crippen molar-refractivity contribution in [2.24, 2.45) is 11.8 Å². The Hall–Kier alpha value is -1.18. The SMILES string of the molecule is O=S(=O)(c1ccc(N2CC[C@H]3CCCC[C@H]3C2)nc1)N1CCOCC1. The minimum atomic E-state index is -3.46. The molecule has 0 radical (unpaired) electrons. The van der Waals surface area contributed by atoms with E-state index >= 15 is 0 Å². The molecule has 2 aliphatic heterocycles. The summed E-state index contributed by atoms with van der Waals surface area (Å²) >= 11 is 0. The highest BCUT2D eigenvalue weighted by Crippen LogP contribution is 2.37. The predicted molar refractivity (Wildman–Crippen MR) is 96.1 cm³/mol. The third-order valence-electron chi connectivity index (χ3n) is 5.94. The van der Waals surface area contributed by atoms with E-state index in [1.165, 1.54) is 42.6 Å². The van der Waals surface area contributed by atoms with Crippen molar-refractivity contribution in [1.29, 1.82) is 0 Å². The normalized spacial score (nSPS) is 28.6. The zero-order valence-corrected chi connectivity index (χ0v) is 15.5. The minimum absolute atomic E-state index is 0.283. The van der Waals surface area contributed by atoms with Crippen molar-refractivity contribution in [2.45, 2.75) is 37.0 Å². The molecule has 1 aliphatic carbocycles. The van der Waals surface area contributed by atoms with Crippen molar-refractivity contribution in [3.8, 4) is 0 Å². The first-order valence-corrected chi connectivity index (χ1v) is 10.9. The molecule has 4 rings (SSSR count). The molecule has 0 N–H and O–H groups in total. The Kier molecular flexibility index (Phi) is 4.97. The molecule has 3 fully saturated rings. The van der Waals surface area contributed by atoms with Gasteiger partial charge in [0.15, 0.2) is 0 Å². The van der Waals surface area contributed by atoms with Crippen LogP contribution in [0.15, 0.2) is 23.2 Å². The van der Waals surface area contributed by atoms with E-state index in [0.717, 1.165) is 30.7 Å². The van der Waals surface area contributed by atoms with E-state index in [-0.39, 0.29) is 4.90 Å². The Morgan fingerprint density at radius 3 is 2.48 bits per heavy atom. The molecule has 25 heavy (non-hydrogen) atoms. The number of hydrogen-bond donors (Lipinski definition) is 0. The molecule has 2 saturated heterocycles. The molecule has 3 heterocycles. The fraction of sp³-hybridized carbons (Fsp3) is 0.722. The molecule has 0 unspecified atom stereocenters. The second-order valence-electron chi connectivity index (χ2n) is 7.41. The molecular weight excluding hydrogens is 338 g/mol. The molecule has 0 amide bonds. The third-order valence-corrected chi connectivity index (χ3v) is 7.83. The third kappa shape index (κ3) is 3.55. The summed E-state index contributed by atoms with van der Waals surface area (Å²) in [4.78, 5) is 7.10. The van der Waals surface area contributed by atoms with Crippen LogP contribution in [-0.4, -0.2) is 57.1 Å². The fourth-order valence-electron chi connectivity index (χ4n) is 4.46. The van der Waals surface area contributed by atoms with Crippen molar-refractivity contribution in [3.63, 3.8) is 0 Å². The van der Waals surface area contributed by atoms with E-state index in [1.807, 2.05) is 6.07 Å². The average molecular weight is 365 g/mol. The largest absolute Gasteiger partial charge is 0.379 e. The fourth-order valence-corrected chi connectivity index (χ4v) is 5.81. The van der Waals surface area contributed by atoms with Gasteiger partial charge in [0.1, 0.15) is 10.7 Å². The van der Waals surface area contributed by atoms with Crippen LogP contribution in [0.3, 0.4) is 0 Å². The molecule has 0 bridgehead atoms. The molecule has 1 aromatic heterocycles. The first-order chi connectivity index (χ1) is 12.1. The Morgan fingerprint density at radius 2 is 1.76 bits per heavy atom. The van der Waals surface area contributed by atoms with Gasteiger partial charge in [0.2, 0.25) is 10.0 Å². The zero-order chi connectivity index (χ0) is 17.3. The summed E-state index contributed by atoms with van der Waals surface area (Å²) in [5, 5.41) is 0.